The number of benzene rings is 1. The second-order valence-electron chi connectivity index (χ2n) is 5.02. The second-order valence-corrected chi connectivity index (χ2v) is 5.02. The van der Waals surface area contributed by atoms with E-state index in [9.17, 15) is 9.59 Å². The van der Waals surface area contributed by atoms with Crippen molar-refractivity contribution in [2.45, 2.75) is 26.3 Å². The molecule has 0 spiro atoms. The summed E-state index contributed by atoms with van der Waals surface area (Å²) < 4.78 is 0. The Morgan fingerprint density at radius 3 is 2.80 bits per heavy atom. The topological polar surface area (TPSA) is 88.0 Å². The van der Waals surface area contributed by atoms with Gasteiger partial charge in [0.15, 0.2) is 0 Å². The SMILES string of the molecule is Cc1c(C(=O)NCCC(C)N)c(=O)[nH]c2ccccc12. The molecule has 106 valence electrons. The molecule has 1 aromatic heterocycles. The molecule has 1 aromatic carbocycles. The largest absolute Gasteiger partial charge is 0.352 e. The first kappa shape index (κ1) is 14.3. The molecule has 0 saturated carbocycles. The Bertz CT molecular complexity index is 689. The van der Waals surface area contributed by atoms with Crippen molar-refractivity contribution in [3.05, 3.63) is 45.7 Å². The van der Waals surface area contributed by atoms with Crippen molar-refractivity contribution in [3.63, 3.8) is 0 Å². The van der Waals surface area contributed by atoms with Crippen LogP contribution in [0.4, 0.5) is 0 Å². The maximum atomic E-state index is 12.1. The van der Waals surface area contributed by atoms with Gasteiger partial charge in [0.2, 0.25) is 0 Å². The third kappa shape index (κ3) is 2.88. The zero-order valence-electron chi connectivity index (χ0n) is 11.7. The molecule has 0 aliphatic heterocycles. The molecule has 1 amide bonds. The van der Waals surface area contributed by atoms with Crippen molar-refractivity contribution in [1.82, 2.24) is 10.3 Å². The predicted molar refractivity (Wildman–Crippen MR) is 79.9 cm³/mol. The summed E-state index contributed by atoms with van der Waals surface area (Å²) in [6.45, 7) is 4.13. The number of carbonyl (C=O) groups is 1. The lowest BCUT2D eigenvalue weighted by molar-refractivity contribution is 0.0951. The zero-order valence-corrected chi connectivity index (χ0v) is 11.7. The Balaban J connectivity index is 2.34. The fourth-order valence-corrected chi connectivity index (χ4v) is 2.18. The van der Waals surface area contributed by atoms with Crippen molar-refractivity contribution in [2.75, 3.05) is 6.54 Å². The van der Waals surface area contributed by atoms with Crippen LogP contribution in [0.2, 0.25) is 0 Å². The van der Waals surface area contributed by atoms with Gasteiger partial charge < -0.3 is 16.0 Å². The van der Waals surface area contributed by atoms with Crippen molar-refractivity contribution in [3.8, 4) is 0 Å². The number of aromatic amines is 1. The number of para-hydroxylation sites is 1. The number of amides is 1. The number of aryl methyl sites for hydroxylation is 1. The second kappa shape index (κ2) is 5.88. The molecule has 1 atom stereocenters. The number of aromatic nitrogens is 1. The van der Waals surface area contributed by atoms with Crippen LogP contribution in [0.3, 0.4) is 0 Å². The molecule has 5 heteroatoms. The minimum atomic E-state index is -0.362. The summed E-state index contributed by atoms with van der Waals surface area (Å²) >= 11 is 0. The lowest BCUT2D eigenvalue weighted by Gasteiger charge is -2.10. The van der Waals surface area contributed by atoms with Gasteiger partial charge in [-0.2, -0.15) is 0 Å². The van der Waals surface area contributed by atoms with Gasteiger partial charge in [-0.05, 0) is 31.9 Å². The van der Waals surface area contributed by atoms with Crippen LogP contribution in [-0.2, 0) is 0 Å². The van der Waals surface area contributed by atoms with Gasteiger partial charge in [-0.1, -0.05) is 18.2 Å². The normalized spacial score (nSPS) is 12.3. The van der Waals surface area contributed by atoms with Crippen LogP contribution in [0.1, 0.15) is 29.3 Å². The average molecular weight is 273 g/mol. The highest BCUT2D eigenvalue weighted by molar-refractivity contribution is 5.99. The van der Waals surface area contributed by atoms with Crippen LogP contribution < -0.4 is 16.6 Å². The molecule has 20 heavy (non-hydrogen) atoms. The molecule has 0 saturated heterocycles. The van der Waals surface area contributed by atoms with Gasteiger partial charge in [-0.3, -0.25) is 9.59 Å². The molecule has 1 heterocycles. The standard InChI is InChI=1S/C15H19N3O2/c1-9(16)7-8-17-14(19)13-10(2)11-5-3-4-6-12(11)18-15(13)20/h3-6,9H,7-8,16H2,1-2H3,(H,17,19)(H,18,20). The Morgan fingerprint density at radius 1 is 1.40 bits per heavy atom. The van der Waals surface area contributed by atoms with Crippen molar-refractivity contribution < 1.29 is 4.79 Å². The van der Waals surface area contributed by atoms with E-state index >= 15 is 0 Å². The first-order valence-electron chi connectivity index (χ1n) is 6.66. The average Bonchev–Trinajstić information content (AvgIpc) is 2.38. The van der Waals surface area contributed by atoms with Gasteiger partial charge in [0, 0.05) is 23.5 Å². The molecule has 0 aliphatic rings. The van der Waals surface area contributed by atoms with Gasteiger partial charge in [0.05, 0.1) is 0 Å². The number of pyridine rings is 1. The van der Waals surface area contributed by atoms with Gasteiger partial charge in [0.25, 0.3) is 11.5 Å². The highest BCUT2D eigenvalue weighted by Gasteiger charge is 2.16. The van der Waals surface area contributed by atoms with Gasteiger partial charge in [-0.25, -0.2) is 0 Å². The number of hydrogen-bond donors (Lipinski definition) is 3. The maximum Gasteiger partial charge on any atom is 0.261 e. The molecule has 0 bridgehead atoms. The lowest BCUT2D eigenvalue weighted by atomic mass is 10.0. The first-order valence-corrected chi connectivity index (χ1v) is 6.66. The fraction of sp³-hybridized carbons (Fsp3) is 0.333. The quantitative estimate of drug-likeness (QED) is 0.784. The summed E-state index contributed by atoms with van der Waals surface area (Å²) in [5, 5.41) is 3.62. The molecule has 5 nitrogen and oxygen atoms in total. The Kier molecular flexibility index (Phi) is 4.20. The number of rotatable bonds is 4. The van der Waals surface area contributed by atoms with E-state index in [-0.39, 0.29) is 23.1 Å². The molecule has 0 fully saturated rings. The van der Waals surface area contributed by atoms with Crippen LogP contribution in [-0.4, -0.2) is 23.5 Å². The molecule has 2 rings (SSSR count). The Hall–Kier alpha value is -2.14. The Labute approximate surface area is 117 Å². The number of fused-ring (bicyclic) bond motifs is 1. The van der Waals surface area contributed by atoms with E-state index in [0.29, 0.717) is 18.5 Å². The third-order valence-electron chi connectivity index (χ3n) is 3.29. The summed E-state index contributed by atoms with van der Waals surface area (Å²) in [7, 11) is 0. The lowest BCUT2D eigenvalue weighted by Crippen LogP contribution is -2.33. The molecular weight excluding hydrogens is 254 g/mol. The van der Waals surface area contributed by atoms with Crippen LogP contribution in [0.25, 0.3) is 10.9 Å². The van der Waals surface area contributed by atoms with E-state index in [1.807, 2.05) is 31.2 Å². The smallest absolute Gasteiger partial charge is 0.261 e. The fourth-order valence-electron chi connectivity index (χ4n) is 2.18. The van der Waals surface area contributed by atoms with E-state index in [0.717, 1.165) is 10.9 Å². The van der Waals surface area contributed by atoms with Crippen LogP contribution in [0, 0.1) is 6.92 Å². The number of carbonyl (C=O) groups excluding carboxylic acids is 1. The first-order chi connectivity index (χ1) is 9.50. The highest BCUT2D eigenvalue weighted by Crippen LogP contribution is 2.16. The van der Waals surface area contributed by atoms with E-state index in [1.165, 1.54) is 0 Å². The van der Waals surface area contributed by atoms with E-state index < -0.39 is 0 Å². The van der Waals surface area contributed by atoms with Crippen molar-refractivity contribution in [2.24, 2.45) is 5.73 Å². The number of nitrogens with two attached hydrogens (primary N) is 1. The minimum Gasteiger partial charge on any atom is -0.352 e. The predicted octanol–water partition coefficient (Wildman–Crippen LogP) is 1.30. The van der Waals surface area contributed by atoms with E-state index in [2.05, 4.69) is 10.3 Å². The van der Waals surface area contributed by atoms with Crippen LogP contribution in [0.5, 0.6) is 0 Å². The molecule has 0 aliphatic carbocycles. The van der Waals surface area contributed by atoms with Crippen molar-refractivity contribution >= 4 is 16.8 Å². The molecule has 1 unspecified atom stereocenters. The van der Waals surface area contributed by atoms with Gasteiger partial charge >= 0.3 is 0 Å². The summed E-state index contributed by atoms with van der Waals surface area (Å²) in [6, 6.07) is 7.46. The molecule has 4 N–H and O–H groups in total. The summed E-state index contributed by atoms with van der Waals surface area (Å²) in [5.41, 5.74) is 6.88. The van der Waals surface area contributed by atoms with E-state index in [1.54, 1.807) is 6.92 Å². The van der Waals surface area contributed by atoms with Gasteiger partial charge in [0.1, 0.15) is 5.56 Å². The Morgan fingerprint density at radius 2 is 2.10 bits per heavy atom. The maximum absolute atomic E-state index is 12.1. The van der Waals surface area contributed by atoms with E-state index in [4.69, 9.17) is 5.73 Å². The molecule has 2 aromatic rings. The summed E-state index contributed by atoms with van der Waals surface area (Å²) in [4.78, 5) is 26.9. The number of hydrogen-bond acceptors (Lipinski definition) is 3. The van der Waals surface area contributed by atoms with Crippen LogP contribution >= 0.6 is 0 Å². The molecule has 0 radical (unpaired) electrons. The van der Waals surface area contributed by atoms with Crippen molar-refractivity contribution in [1.29, 1.82) is 0 Å². The third-order valence-corrected chi connectivity index (χ3v) is 3.29. The summed E-state index contributed by atoms with van der Waals surface area (Å²) in [6.07, 6.45) is 0.677. The van der Waals surface area contributed by atoms with Crippen LogP contribution in [0.15, 0.2) is 29.1 Å². The van der Waals surface area contributed by atoms with Gasteiger partial charge in [-0.15, -0.1) is 0 Å². The minimum absolute atomic E-state index is 0.0197. The number of nitrogens with one attached hydrogen (secondary N) is 2. The highest BCUT2D eigenvalue weighted by atomic mass is 16.2. The monoisotopic (exact) mass is 273 g/mol. The number of H-pyrrole nitrogens is 1. The molecular formula is C15H19N3O2. The zero-order chi connectivity index (χ0) is 14.7. The summed E-state index contributed by atoms with van der Waals surface area (Å²) in [5.74, 6) is -0.352.